The molecule has 0 aromatic heterocycles. The molecular formula is C13H17FN2O4. The predicted octanol–water partition coefficient (Wildman–Crippen LogP) is 2.02. The molecule has 110 valence electrons. The number of esters is 1. The number of carbonyl (C=O) groups excluding carboxylic acids is 1. The third kappa shape index (κ3) is 3.74. The molecule has 0 bridgehead atoms. The number of nitro groups is 1. The Hall–Kier alpha value is -2.02. The number of benzene rings is 1. The number of ether oxygens (including phenoxy) is 1. The number of nitrogens with one attached hydrogen (secondary N) is 1. The van der Waals surface area contributed by atoms with Crippen LogP contribution in [0.2, 0.25) is 0 Å². The average Bonchev–Trinajstić information content (AvgIpc) is 2.39. The quantitative estimate of drug-likeness (QED) is 0.491. The minimum atomic E-state index is -0.891. The van der Waals surface area contributed by atoms with E-state index in [0.717, 1.165) is 6.07 Å². The fourth-order valence-corrected chi connectivity index (χ4v) is 1.78. The van der Waals surface area contributed by atoms with Crippen LogP contribution < -0.4 is 5.32 Å². The third-order valence-corrected chi connectivity index (χ3v) is 2.89. The molecule has 1 N–H and O–H groups in total. The molecule has 0 saturated heterocycles. The highest BCUT2D eigenvalue weighted by Crippen LogP contribution is 2.20. The summed E-state index contributed by atoms with van der Waals surface area (Å²) in [7, 11) is 1.27. The van der Waals surface area contributed by atoms with Crippen LogP contribution in [0, 0.1) is 21.8 Å². The molecule has 1 unspecified atom stereocenters. The topological polar surface area (TPSA) is 81.5 Å². The van der Waals surface area contributed by atoms with Crippen molar-refractivity contribution in [2.24, 2.45) is 5.92 Å². The lowest BCUT2D eigenvalue weighted by Crippen LogP contribution is -2.41. The van der Waals surface area contributed by atoms with Crippen LogP contribution in [0.4, 0.5) is 10.1 Å². The molecule has 1 aromatic carbocycles. The number of nitrogens with zero attached hydrogens (tertiary/aromatic N) is 1. The van der Waals surface area contributed by atoms with Gasteiger partial charge in [-0.3, -0.25) is 20.2 Å². The largest absolute Gasteiger partial charge is 0.468 e. The first-order valence-corrected chi connectivity index (χ1v) is 6.11. The van der Waals surface area contributed by atoms with E-state index >= 15 is 0 Å². The summed E-state index contributed by atoms with van der Waals surface area (Å²) < 4.78 is 18.5. The van der Waals surface area contributed by atoms with Crippen molar-refractivity contribution in [3.05, 3.63) is 39.7 Å². The van der Waals surface area contributed by atoms with Crippen LogP contribution in [0.15, 0.2) is 18.2 Å². The van der Waals surface area contributed by atoms with E-state index in [9.17, 15) is 19.3 Å². The van der Waals surface area contributed by atoms with Crippen LogP contribution in [0.25, 0.3) is 0 Å². The van der Waals surface area contributed by atoms with Gasteiger partial charge in [-0.1, -0.05) is 26.0 Å². The molecule has 0 spiro atoms. The lowest BCUT2D eigenvalue weighted by Gasteiger charge is -2.19. The van der Waals surface area contributed by atoms with Gasteiger partial charge >= 0.3 is 11.7 Å². The Balaban J connectivity index is 2.86. The molecule has 0 aliphatic heterocycles. The van der Waals surface area contributed by atoms with Crippen LogP contribution in [-0.2, 0) is 16.1 Å². The van der Waals surface area contributed by atoms with Crippen molar-refractivity contribution >= 4 is 11.7 Å². The van der Waals surface area contributed by atoms with Gasteiger partial charge in [0.1, 0.15) is 6.04 Å². The van der Waals surface area contributed by atoms with Gasteiger partial charge in [-0.2, -0.15) is 4.39 Å². The summed E-state index contributed by atoms with van der Waals surface area (Å²) in [5.41, 5.74) is -0.447. The maximum Gasteiger partial charge on any atom is 0.323 e. The number of hydrogen-bond donors (Lipinski definition) is 1. The first-order chi connectivity index (χ1) is 9.38. The molecular weight excluding hydrogens is 267 g/mol. The van der Waals surface area contributed by atoms with E-state index in [4.69, 9.17) is 0 Å². The van der Waals surface area contributed by atoms with Crippen molar-refractivity contribution in [2.45, 2.75) is 26.4 Å². The summed E-state index contributed by atoms with van der Waals surface area (Å²) in [6.45, 7) is 3.64. The number of halogens is 1. The molecule has 0 amide bonds. The van der Waals surface area contributed by atoms with E-state index < -0.39 is 28.4 Å². The summed E-state index contributed by atoms with van der Waals surface area (Å²) in [6, 6.07) is 3.34. The van der Waals surface area contributed by atoms with Crippen LogP contribution in [0.5, 0.6) is 0 Å². The van der Waals surface area contributed by atoms with E-state index in [1.165, 1.54) is 19.2 Å². The smallest absolute Gasteiger partial charge is 0.323 e. The van der Waals surface area contributed by atoms with Crippen LogP contribution >= 0.6 is 0 Å². The fourth-order valence-electron chi connectivity index (χ4n) is 1.78. The molecule has 0 fully saturated rings. The minimum Gasteiger partial charge on any atom is -0.468 e. The van der Waals surface area contributed by atoms with Gasteiger partial charge in [0.25, 0.3) is 0 Å². The Labute approximate surface area is 116 Å². The molecule has 1 atom stereocenters. The Kier molecular flexibility index (Phi) is 5.57. The van der Waals surface area contributed by atoms with E-state index in [0.29, 0.717) is 0 Å². The molecule has 6 nitrogen and oxygen atoms in total. The summed E-state index contributed by atoms with van der Waals surface area (Å²) >= 11 is 0. The van der Waals surface area contributed by atoms with Crippen molar-refractivity contribution < 1.29 is 18.8 Å². The molecule has 7 heteroatoms. The standard InChI is InChI=1S/C13H17FN2O4/c1-8(2)12(13(17)20-3)15-7-9-5-4-6-10(11(9)14)16(18)19/h4-6,8,12,15H,7H2,1-3H3. The van der Waals surface area contributed by atoms with E-state index in [1.807, 2.05) is 13.8 Å². The van der Waals surface area contributed by atoms with Gasteiger partial charge in [-0.15, -0.1) is 0 Å². The van der Waals surface area contributed by atoms with Gasteiger partial charge < -0.3 is 4.74 Å². The number of nitro benzene ring substituents is 1. The van der Waals surface area contributed by atoms with Gasteiger partial charge in [-0.25, -0.2) is 0 Å². The summed E-state index contributed by atoms with van der Waals surface area (Å²) in [5, 5.41) is 13.5. The summed E-state index contributed by atoms with van der Waals surface area (Å²) in [6.07, 6.45) is 0. The molecule has 1 aromatic rings. The second-order valence-corrected chi connectivity index (χ2v) is 4.63. The van der Waals surface area contributed by atoms with Crippen molar-refractivity contribution in [3.63, 3.8) is 0 Å². The number of carbonyl (C=O) groups is 1. The maximum absolute atomic E-state index is 13.9. The fraction of sp³-hybridized carbons (Fsp3) is 0.462. The van der Waals surface area contributed by atoms with Crippen molar-refractivity contribution in [1.82, 2.24) is 5.32 Å². The van der Waals surface area contributed by atoms with Crippen molar-refractivity contribution in [3.8, 4) is 0 Å². The molecule has 0 heterocycles. The highest BCUT2D eigenvalue weighted by molar-refractivity contribution is 5.75. The van der Waals surface area contributed by atoms with Gasteiger partial charge in [0, 0.05) is 18.2 Å². The number of hydrogen-bond acceptors (Lipinski definition) is 5. The SMILES string of the molecule is COC(=O)C(NCc1cccc([N+](=O)[O-])c1F)C(C)C. The molecule has 0 radical (unpaired) electrons. The summed E-state index contributed by atoms with van der Waals surface area (Å²) in [4.78, 5) is 21.4. The number of rotatable bonds is 6. The van der Waals surface area contributed by atoms with Gasteiger partial charge in [-0.05, 0) is 5.92 Å². The Morgan fingerprint density at radius 2 is 2.15 bits per heavy atom. The maximum atomic E-state index is 13.9. The van der Waals surface area contributed by atoms with Crippen molar-refractivity contribution in [2.75, 3.05) is 7.11 Å². The Morgan fingerprint density at radius 1 is 1.50 bits per heavy atom. The zero-order chi connectivity index (χ0) is 15.3. The second kappa shape index (κ2) is 6.95. The molecule has 0 saturated carbocycles. The third-order valence-electron chi connectivity index (χ3n) is 2.89. The van der Waals surface area contributed by atoms with Crippen LogP contribution in [0.3, 0.4) is 0 Å². The Morgan fingerprint density at radius 3 is 2.65 bits per heavy atom. The monoisotopic (exact) mass is 284 g/mol. The molecule has 0 aliphatic carbocycles. The minimum absolute atomic E-state index is 0.00542. The van der Waals surface area contributed by atoms with Gasteiger partial charge in [0.15, 0.2) is 0 Å². The van der Waals surface area contributed by atoms with E-state index in [2.05, 4.69) is 10.1 Å². The van der Waals surface area contributed by atoms with E-state index in [1.54, 1.807) is 0 Å². The zero-order valence-corrected chi connectivity index (χ0v) is 11.6. The second-order valence-electron chi connectivity index (χ2n) is 4.63. The lowest BCUT2D eigenvalue weighted by atomic mass is 10.0. The molecule has 1 rings (SSSR count). The van der Waals surface area contributed by atoms with Gasteiger partial charge in [0.2, 0.25) is 5.82 Å². The molecule has 0 aliphatic rings. The van der Waals surface area contributed by atoms with Crippen LogP contribution in [0.1, 0.15) is 19.4 Å². The van der Waals surface area contributed by atoms with E-state index in [-0.39, 0.29) is 18.0 Å². The van der Waals surface area contributed by atoms with Crippen molar-refractivity contribution in [1.29, 1.82) is 0 Å². The predicted molar refractivity (Wildman–Crippen MR) is 70.5 cm³/mol. The first-order valence-electron chi connectivity index (χ1n) is 6.11. The van der Waals surface area contributed by atoms with Gasteiger partial charge in [0.05, 0.1) is 12.0 Å². The zero-order valence-electron chi connectivity index (χ0n) is 11.6. The first kappa shape index (κ1) is 16.0. The van der Waals surface area contributed by atoms with Crippen LogP contribution in [-0.4, -0.2) is 24.0 Å². The highest BCUT2D eigenvalue weighted by Gasteiger charge is 2.24. The normalized spacial score (nSPS) is 12.2. The molecule has 20 heavy (non-hydrogen) atoms. The summed E-state index contributed by atoms with van der Waals surface area (Å²) in [5.74, 6) is -1.40. The lowest BCUT2D eigenvalue weighted by molar-refractivity contribution is -0.387. The Bertz CT molecular complexity index is 505. The average molecular weight is 284 g/mol. The number of methoxy groups -OCH3 is 1. The highest BCUT2D eigenvalue weighted by atomic mass is 19.1.